The third-order valence-corrected chi connectivity index (χ3v) is 2.95. The summed E-state index contributed by atoms with van der Waals surface area (Å²) in [6, 6.07) is 0.207. The van der Waals surface area contributed by atoms with Crippen LogP contribution < -0.4 is 10.6 Å². The molecule has 0 radical (unpaired) electrons. The molecule has 18 heavy (non-hydrogen) atoms. The van der Waals surface area contributed by atoms with E-state index >= 15 is 0 Å². The molecule has 0 bridgehead atoms. The first-order chi connectivity index (χ1) is 8.31. The van der Waals surface area contributed by atoms with Gasteiger partial charge in [0.05, 0.1) is 0 Å². The quantitative estimate of drug-likeness (QED) is 0.785. The molecule has 0 atom stereocenters. The number of nitrogens with one attached hydrogen (secondary N) is 2. The Morgan fingerprint density at radius 1 is 1.22 bits per heavy atom. The summed E-state index contributed by atoms with van der Waals surface area (Å²) in [5.74, 6) is 0.0904. The van der Waals surface area contributed by atoms with Gasteiger partial charge in [0.2, 0.25) is 5.91 Å². The molecule has 3 amide bonds. The third-order valence-electron chi connectivity index (χ3n) is 2.95. The SMILES string of the molecule is CCC(=O)NC1CCN(C(=O)NC(C)(C)C)CC1. The first-order valence-electron chi connectivity index (χ1n) is 6.68. The van der Waals surface area contributed by atoms with E-state index in [-0.39, 0.29) is 23.5 Å². The van der Waals surface area contributed by atoms with Gasteiger partial charge in [0.1, 0.15) is 0 Å². The Kier molecular flexibility index (Phi) is 4.99. The molecule has 0 aromatic heterocycles. The van der Waals surface area contributed by atoms with Crippen molar-refractivity contribution in [1.29, 1.82) is 0 Å². The van der Waals surface area contributed by atoms with E-state index in [1.54, 1.807) is 0 Å². The van der Waals surface area contributed by atoms with Crippen LogP contribution in [-0.4, -0.2) is 41.5 Å². The van der Waals surface area contributed by atoms with Crippen LogP contribution in [0.15, 0.2) is 0 Å². The zero-order chi connectivity index (χ0) is 13.8. The Labute approximate surface area is 109 Å². The molecule has 0 aliphatic carbocycles. The third kappa shape index (κ3) is 4.94. The molecule has 0 aromatic rings. The average Bonchev–Trinajstić information content (AvgIpc) is 2.27. The van der Waals surface area contributed by atoms with Crippen molar-refractivity contribution in [1.82, 2.24) is 15.5 Å². The van der Waals surface area contributed by atoms with Crippen molar-refractivity contribution in [2.24, 2.45) is 0 Å². The van der Waals surface area contributed by atoms with Crippen molar-refractivity contribution in [3.8, 4) is 0 Å². The predicted octanol–water partition coefficient (Wildman–Crippen LogP) is 1.49. The molecular weight excluding hydrogens is 230 g/mol. The van der Waals surface area contributed by atoms with Gasteiger partial charge < -0.3 is 15.5 Å². The highest BCUT2D eigenvalue weighted by Crippen LogP contribution is 2.11. The molecule has 104 valence electrons. The first kappa shape index (κ1) is 14.8. The number of hydrogen-bond acceptors (Lipinski definition) is 2. The molecule has 1 aliphatic rings. The van der Waals surface area contributed by atoms with Gasteiger partial charge in [-0.05, 0) is 33.6 Å². The van der Waals surface area contributed by atoms with Crippen LogP contribution in [0.5, 0.6) is 0 Å². The number of hydrogen-bond donors (Lipinski definition) is 2. The van der Waals surface area contributed by atoms with E-state index in [1.165, 1.54) is 0 Å². The van der Waals surface area contributed by atoms with E-state index in [9.17, 15) is 9.59 Å². The fourth-order valence-electron chi connectivity index (χ4n) is 1.96. The van der Waals surface area contributed by atoms with Crippen molar-refractivity contribution >= 4 is 11.9 Å². The van der Waals surface area contributed by atoms with E-state index in [4.69, 9.17) is 0 Å². The maximum atomic E-state index is 11.9. The molecule has 1 fully saturated rings. The van der Waals surface area contributed by atoms with Gasteiger partial charge in [-0.25, -0.2) is 4.79 Å². The molecule has 1 aliphatic heterocycles. The molecular formula is C13H25N3O2. The van der Waals surface area contributed by atoms with Crippen LogP contribution in [0.3, 0.4) is 0 Å². The van der Waals surface area contributed by atoms with E-state index in [0.717, 1.165) is 12.8 Å². The molecule has 1 rings (SSSR count). The lowest BCUT2D eigenvalue weighted by molar-refractivity contribution is -0.121. The Morgan fingerprint density at radius 3 is 2.22 bits per heavy atom. The summed E-state index contributed by atoms with van der Waals surface area (Å²) in [4.78, 5) is 25.0. The molecule has 1 saturated heterocycles. The molecule has 0 spiro atoms. The molecule has 5 heteroatoms. The highest BCUT2D eigenvalue weighted by atomic mass is 16.2. The second-order valence-corrected chi connectivity index (χ2v) is 5.86. The Hall–Kier alpha value is -1.26. The van der Waals surface area contributed by atoms with Crippen LogP contribution in [0.4, 0.5) is 4.79 Å². The van der Waals surface area contributed by atoms with Gasteiger partial charge in [-0.3, -0.25) is 4.79 Å². The van der Waals surface area contributed by atoms with Crippen LogP contribution in [-0.2, 0) is 4.79 Å². The zero-order valence-electron chi connectivity index (χ0n) is 11.9. The number of carbonyl (C=O) groups is 2. The van der Waals surface area contributed by atoms with Crippen molar-refractivity contribution in [3.05, 3.63) is 0 Å². The largest absolute Gasteiger partial charge is 0.353 e. The van der Waals surface area contributed by atoms with Crippen LogP contribution in [0, 0.1) is 0 Å². The maximum Gasteiger partial charge on any atom is 0.317 e. The fraction of sp³-hybridized carbons (Fsp3) is 0.846. The van der Waals surface area contributed by atoms with E-state index in [1.807, 2.05) is 32.6 Å². The lowest BCUT2D eigenvalue weighted by Crippen LogP contribution is -2.53. The summed E-state index contributed by atoms with van der Waals surface area (Å²) >= 11 is 0. The van der Waals surface area contributed by atoms with Crippen molar-refractivity contribution in [3.63, 3.8) is 0 Å². The van der Waals surface area contributed by atoms with Gasteiger partial charge in [0.15, 0.2) is 0 Å². The second-order valence-electron chi connectivity index (χ2n) is 5.86. The molecule has 5 nitrogen and oxygen atoms in total. The highest BCUT2D eigenvalue weighted by molar-refractivity contribution is 5.76. The topological polar surface area (TPSA) is 61.4 Å². The number of rotatable bonds is 2. The summed E-state index contributed by atoms with van der Waals surface area (Å²) in [5.41, 5.74) is -0.204. The minimum atomic E-state index is -0.204. The summed E-state index contributed by atoms with van der Waals surface area (Å²) in [6.45, 7) is 9.17. The number of likely N-dealkylation sites (tertiary alicyclic amines) is 1. The van der Waals surface area contributed by atoms with E-state index in [0.29, 0.717) is 19.5 Å². The normalized spacial score (nSPS) is 17.4. The van der Waals surface area contributed by atoms with Crippen LogP contribution >= 0.6 is 0 Å². The van der Waals surface area contributed by atoms with Gasteiger partial charge in [-0.2, -0.15) is 0 Å². The molecule has 1 heterocycles. The van der Waals surface area contributed by atoms with Crippen LogP contribution in [0.1, 0.15) is 47.0 Å². The minimum Gasteiger partial charge on any atom is -0.353 e. The summed E-state index contributed by atoms with van der Waals surface area (Å²) < 4.78 is 0. The van der Waals surface area contributed by atoms with Gasteiger partial charge >= 0.3 is 6.03 Å². The summed E-state index contributed by atoms with van der Waals surface area (Å²) in [6.07, 6.45) is 2.19. The monoisotopic (exact) mass is 255 g/mol. The van der Waals surface area contributed by atoms with E-state index < -0.39 is 0 Å². The maximum absolute atomic E-state index is 11.9. The van der Waals surface area contributed by atoms with Crippen LogP contribution in [0.2, 0.25) is 0 Å². The van der Waals surface area contributed by atoms with Gasteiger partial charge in [-0.1, -0.05) is 6.92 Å². The molecule has 2 N–H and O–H groups in total. The number of amides is 3. The Bertz CT molecular complexity index is 302. The molecule has 0 saturated carbocycles. The lowest BCUT2D eigenvalue weighted by atomic mass is 10.0. The minimum absolute atomic E-state index is 0.0113. The zero-order valence-corrected chi connectivity index (χ0v) is 11.9. The number of piperidine rings is 1. The standard InChI is InChI=1S/C13H25N3O2/c1-5-11(17)14-10-6-8-16(9-7-10)12(18)15-13(2,3)4/h10H,5-9H2,1-4H3,(H,14,17)(H,15,18). The summed E-state index contributed by atoms with van der Waals surface area (Å²) in [5, 5.41) is 5.93. The van der Waals surface area contributed by atoms with E-state index in [2.05, 4.69) is 10.6 Å². The molecule has 0 aromatic carbocycles. The van der Waals surface area contributed by atoms with Gasteiger partial charge in [0, 0.05) is 31.1 Å². The van der Waals surface area contributed by atoms with Crippen molar-refractivity contribution in [2.75, 3.05) is 13.1 Å². The summed E-state index contributed by atoms with van der Waals surface area (Å²) in [7, 11) is 0. The Morgan fingerprint density at radius 2 is 1.78 bits per heavy atom. The number of urea groups is 1. The lowest BCUT2D eigenvalue weighted by Gasteiger charge is -2.34. The Balaban J connectivity index is 2.35. The average molecular weight is 255 g/mol. The van der Waals surface area contributed by atoms with Crippen molar-refractivity contribution < 1.29 is 9.59 Å². The van der Waals surface area contributed by atoms with Gasteiger partial charge in [-0.15, -0.1) is 0 Å². The van der Waals surface area contributed by atoms with Gasteiger partial charge in [0.25, 0.3) is 0 Å². The van der Waals surface area contributed by atoms with Crippen molar-refractivity contribution in [2.45, 2.75) is 58.5 Å². The molecule has 0 unspecified atom stereocenters. The number of carbonyl (C=O) groups excluding carboxylic acids is 2. The van der Waals surface area contributed by atoms with Crippen LogP contribution in [0.25, 0.3) is 0 Å². The smallest absolute Gasteiger partial charge is 0.317 e. The predicted molar refractivity (Wildman–Crippen MR) is 71.3 cm³/mol. The number of nitrogens with zero attached hydrogens (tertiary/aromatic N) is 1. The second kappa shape index (κ2) is 6.07. The fourth-order valence-corrected chi connectivity index (χ4v) is 1.96. The highest BCUT2D eigenvalue weighted by Gasteiger charge is 2.25. The first-order valence-corrected chi connectivity index (χ1v) is 6.68.